The van der Waals surface area contributed by atoms with Crippen molar-refractivity contribution < 1.29 is 27.8 Å². The van der Waals surface area contributed by atoms with Crippen LogP contribution in [0.15, 0.2) is 23.1 Å². The van der Waals surface area contributed by atoms with Crippen LogP contribution in [0.3, 0.4) is 0 Å². The van der Waals surface area contributed by atoms with Gasteiger partial charge in [-0.25, -0.2) is 17.6 Å². The Morgan fingerprint density at radius 3 is 2.43 bits per heavy atom. The molecular weight excluding hydrogens is 301 g/mol. The molecule has 1 aliphatic rings. The first-order valence-electron chi connectivity index (χ1n) is 6.39. The normalized spacial score (nSPS) is 19.4. The summed E-state index contributed by atoms with van der Waals surface area (Å²) in [6, 6.07) is 2.56. The van der Waals surface area contributed by atoms with Crippen LogP contribution in [0.1, 0.15) is 30.1 Å². The maximum Gasteiger partial charge on any atom is 0.337 e. The molecule has 8 heteroatoms. The highest BCUT2D eigenvalue weighted by Crippen LogP contribution is 2.28. The molecule has 0 aliphatic carbocycles. The molecule has 0 atom stereocenters. The van der Waals surface area contributed by atoms with Gasteiger partial charge in [0.05, 0.1) is 16.1 Å². The highest BCUT2D eigenvalue weighted by molar-refractivity contribution is 7.89. The highest BCUT2D eigenvalue weighted by atomic mass is 32.2. The zero-order valence-electron chi connectivity index (χ0n) is 11.4. The lowest BCUT2D eigenvalue weighted by molar-refractivity contribution is 0.0125. The van der Waals surface area contributed by atoms with Gasteiger partial charge in [-0.1, -0.05) is 0 Å². The summed E-state index contributed by atoms with van der Waals surface area (Å²) < 4.78 is 39.4. The minimum absolute atomic E-state index is 0.0604. The molecule has 0 bridgehead atoms. The van der Waals surface area contributed by atoms with E-state index in [9.17, 15) is 22.7 Å². The van der Waals surface area contributed by atoms with Crippen molar-refractivity contribution in [1.82, 2.24) is 4.31 Å². The van der Waals surface area contributed by atoms with Crippen LogP contribution in [0.5, 0.6) is 0 Å². The molecular formula is C13H16FNO5S. The van der Waals surface area contributed by atoms with Gasteiger partial charge in [0.1, 0.15) is 5.82 Å². The van der Waals surface area contributed by atoms with E-state index in [4.69, 9.17) is 5.11 Å². The lowest BCUT2D eigenvalue weighted by atomic mass is 9.95. The zero-order valence-corrected chi connectivity index (χ0v) is 12.2. The van der Waals surface area contributed by atoms with E-state index < -0.39 is 37.9 Å². The molecule has 0 aromatic heterocycles. The van der Waals surface area contributed by atoms with Crippen LogP contribution in [0, 0.1) is 5.82 Å². The van der Waals surface area contributed by atoms with E-state index in [1.807, 2.05) is 0 Å². The Hall–Kier alpha value is -1.51. The number of carbonyl (C=O) groups is 1. The van der Waals surface area contributed by atoms with Crippen LogP contribution >= 0.6 is 0 Å². The van der Waals surface area contributed by atoms with E-state index in [2.05, 4.69) is 0 Å². The maximum absolute atomic E-state index is 13.3. The number of sulfonamides is 1. The van der Waals surface area contributed by atoms with Gasteiger partial charge in [-0.05, 0) is 38.0 Å². The summed E-state index contributed by atoms with van der Waals surface area (Å²) in [5, 5.41) is 18.9. The molecule has 0 radical (unpaired) electrons. The van der Waals surface area contributed by atoms with Crippen LogP contribution in [-0.4, -0.2) is 47.6 Å². The van der Waals surface area contributed by atoms with E-state index in [-0.39, 0.29) is 25.9 Å². The maximum atomic E-state index is 13.3. The average Bonchev–Trinajstić information content (AvgIpc) is 2.37. The number of hydrogen-bond acceptors (Lipinski definition) is 4. The number of rotatable bonds is 3. The van der Waals surface area contributed by atoms with Crippen LogP contribution in [-0.2, 0) is 10.0 Å². The summed E-state index contributed by atoms with van der Waals surface area (Å²) in [6.45, 7) is 1.73. The molecule has 2 N–H and O–H groups in total. The lowest BCUT2D eigenvalue weighted by Gasteiger charge is -2.35. The molecule has 116 valence electrons. The number of aromatic carboxylic acids is 1. The molecule has 21 heavy (non-hydrogen) atoms. The Morgan fingerprint density at radius 2 is 1.90 bits per heavy atom. The number of benzene rings is 1. The first-order valence-corrected chi connectivity index (χ1v) is 7.83. The van der Waals surface area contributed by atoms with Crippen molar-refractivity contribution in [3.05, 3.63) is 29.6 Å². The third-order valence-corrected chi connectivity index (χ3v) is 5.53. The Morgan fingerprint density at radius 1 is 1.33 bits per heavy atom. The number of carboxylic acid groups (broad SMARTS) is 1. The summed E-state index contributed by atoms with van der Waals surface area (Å²) >= 11 is 0. The smallest absolute Gasteiger partial charge is 0.337 e. The Balaban J connectivity index is 2.41. The lowest BCUT2D eigenvalue weighted by Crippen LogP contribution is -2.45. The second-order valence-corrected chi connectivity index (χ2v) is 7.25. The summed E-state index contributed by atoms with van der Waals surface area (Å²) in [6.07, 6.45) is 0.480. The van der Waals surface area contributed by atoms with Crippen LogP contribution in [0.4, 0.5) is 4.39 Å². The molecule has 0 amide bonds. The van der Waals surface area contributed by atoms with E-state index >= 15 is 0 Å². The van der Waals surface area contributed by atoms with E-state index in [0.717, 1.165) is 16.4 Å². The summed E-state index contributed by atoms with van der Waals surface area (Å²) in [4.78, 5) is 10.6. The van der Waals surface area contributed by atoms with Crippen molar-refractivity contribution in [3.63, 3.8) is 0 Å². The minimum Gasteiger partial charge on any atom is -0.478 e. The molecule has 6 nitrogen and oxygen atoms in total. The van der Waals surface area contributed by atoms with Crippen molar-refractivity contribution in [3.8, 4) is 0 Å². The van der Waals surface area contributed by atoms with Crippen LogP contribution < -0.4 is 0 Å². The molecule has 1 heterocycles. The van der Waals surface area contributed by atoms with Crippen LogP contribution in [0.2, 0.25) is 0 Å². The SMILES string of the molecule is CC1(O)CCN(S(=O)(=O)c2cc(F)ccc2C(=O)O)CC1. The molecule has 1 aromatic rings. The number of nitrogens with zero attached hydrogens (tertiary/aromatic N) is 1. The van der Waals surface area contributed by atoms with Crippen molar-refractivity contribution >= 4 is 16.0 Å². The van der Waals surface area contributed by atoms with Crippen molar-refractivity contribution in [2.75, 3.05) is 13.1 Å². The number of aliphatic hydroxyl groups is 1. The van der Waals surface area contributed by atoms with Gasteiger partial charge in [0.15, 0.2) is 0 Å². The standard InChI is InChI=1S/C13H16FNO5S/c1-13(18)4-6-15(7-5-13)21(19,20)11-8-9(14)2-3-10(11)12(16)17/h2-3,8,18H,4-7H2,1H3,(H,16,17). The van der Waals surface area contributed by atoms with Crippen molar-refractivity contribution in [2.24, 2.45) is 0 Å². The van der Waals surface area contributed by atoms with Gasteiger partial charge >= 0.3 is 5.97 Å². The Bertz CT molecular complexity index is 661. The minimum atomic E-state index is -4.11. The van der Waals surface area contributed by atoms with E-state index in [1.165, 1.54) is 0 Å². The Labute approximate surface area is 121 Å². The number of halogens is 1. The van der Waals surface area contributed by atoms with Gasteiger partial charge in [0.25, 0.3) is 0 Å². The second-order valence-electron chi connectivity index (χ2n) is 5.35. The van der Waals surface area contributed by atoms with Crippen LogP contribution in [0.25, 0.3) is 0 Å². The largest absolute Gasteiger partial charge is 0.478 e. The van der Waals surface area contributed by atoms with E-state index in [0.29, 0.717) is 6.07 Å². The average molecular weight is 317 g/mol. The molecule has 1 aliphatic heterocycles. The number of piperidine rings is 1. The molecule has 0 saturated carbocycles. The van der Waals surface area contributed by atoms with Gasteiger partial charge in [0, 0.05) is 13.1 Å². The Kier molecular flexibility index (Phi) is 4.05. The highest BCUT2D eigenvalue weighted by Gasteiger charge is 2.35. The van der Waals surface area contributed by atoms with Crippen molar-refractivity contribution in [1.29, 1.82) is 0 Å². The topological polar surface area (TPSA) is 94.9 Å². The molecule has 0 spiro atoms. The second kappa shape index (κ2) is 5.36. The number of carboxylic acids is 1. The van der Waals surface area contributed by atoms with Gasteiger partial charge in [-0.3, -0.25) is 0 Å². The fraction of sp³-hybridized carbons (Fsp3) is 0.462. The summed E-state index contributed by atoms with van der Waals surface area (Å²) in [5.41, 5.74) is -1.41. The summed E-state index contributed by atoms with van der Waals surface area (Å²) in [5.74, 6) is -2.25. The fourth-order valence-corrected chi connectivity index (χ4v) is 3.87. The quantitative estimate of drug-likeness (QED) is 0.869. The van der Waals surface area contributed by atoms with Crippen molar-refractivity contribution in [2.45, 2.75) is 30.3 Å². The predicted octanol–water partition coefficient (Wildman–Crippen LogP) is 1.06. The molecule has 0 unspecified atom stereocenters. The first kappa shape index (κ1) is 15.9. The van der Waals surface area contributed by atoms with Gasteiger partial charge in [0.2, 0.25) is 10.0 Å². The third-order valence-electron chi connectivity index (χ3n) is 3.59. The third kappa shape index (κ3) is 3.22. The van der Waals surface area contributed by atoms with Gasteiger partial charge in [-0.2, -0.15) is 4.31 Å². The van der Waals surface area contributed by atoms with Gasteiger partial charge < -0.3 is 10.2 Å². The monoisotopic (exact) mass is 317 g/mol. The fourth-order valence-electron chi connectivity index (χ4n) is 2.23. The van der Waals surface area contributed by atoms with E-state index in [1.54, 1.807) is 6.92 Å². The predicted molar refractivity (Wildman–Crippen MR) is 72.0 cm³/mol. The molecule has 1 aromatic carbocycles. The molecule has 1 fully saturated rings. The summed E-state index contributed by atoms with van der Waals surface area (Å²) in [7, 11) is -4.11. The first-order chi connectivity index (χ1) is 9.63. The zero-order chi connectivity index (χ0) is 15.8. The van der Waals surface area contributed by atoms with Gasteiger partial charge in [-0.15, -0.1) is 0 Å². The molecule has 2 rings (SSSR count). The molecule has 1 saturated heterocycles. The number of hydrogen-bond donors (Lipinski definition) is 2.